The van der Waals surface area contributed by atoms with E-state index in [1.807, 2.05) is 0 Å². The molecule has 30 heavy (non-hydrogen) atoms. The van der Waals surface area contributed by atoms with Gasteiger partial charge in [0, 0.05) is 21.6 Å². The zero-order valence-corrected chi connectivity index (χ0v) is 15.7. The lowest BCUT2D eigenvalue weighted by molar-refractivity contribution is -0.108. The minimum Gasteiger partial charge on any atom is -0.289 e. The van der Waals surface area contributed by atoms with E-state index in [1.165, 1.54) is 0 Å². The standard InChI is InChI=1S/C29H18O/c30-29-25(19-11-3-1-4-12-19)27-23-17-9-7-15-21(23)22-16-8-10-18-24(22)28(27)26(29)20-13-5-2-6-14-20/h1-18H/i7D,8D,9D,10D,15D,16D,17D,18D. The third kappa shape index (κ3) is 2.33. The van der Waals surface area contributed by atoms with E-state index in [1.54, 1.807) is 60.7 Å². The second-order valence-corrected chi connectivity index (χ2v) is 7.06. The largest absolute Gasteiger partial charge is 0.289 e. The van der Waals surface area contributed by atoms with E-state index < -0.39 is 36.3 Å². The van der Waals surface area contributed by atoms with Gasteiger partial charge in [-0.15, -0.1) is 0 Å². The third-order valence-electron chi connectivity index (χ3n) is 5.45. The molecule has 5 aromatic carbocycles. The molecule has 0 aromatic heterocycles. The average Bonchev–Trinajstić information content (AvgIpc) is 3.24. The molecule has 0 bridgehead atoms. The average molecular weight is 391 g/mol. The summed E-state index contributed by atoms with van der Waals surface area (Å²) in [5, 5.41) is 0.544. The lowest BCUT2D eigenvalue weighted by atomic mass is 9.95. The van der Waals surface area contributed by atoms with Crippen LogP contribution in [-0.2, 0) is 4.79 Å². The zero-order valence-electron chi connectivity index (χ0n) is 23.7. The highest BCUT2D eigenvalue weighted by molar-refractivity contribution is 6.45. The molecule has 0 saturated heterocycles. The van der Waals surface area contributed by atoms with Crippen molar-refractivity contribution in [2.75, 3.05) is 0 Å². The van der Waals surface area contributed by atoms with Gasteiger partial charge in [-0.3, -0.25) is 4.79 Å². The first-order chi connectivity index (χ1) is 18.2. The number of hydrogen-bond acceptors (Lipinski definition) is 1. The van der Waals surface area contributed by atoms with E-state index in [4.69, 9.17) is 11.0 Å². The van der Waals surface area contributed by atoms with Gasteiger partial charge in [0.15, 0.2) is 5.78 Å². The van der Waals surface area contributed by atoms with Crippen molar-refractivity contribution >= 4 is 38.5 Å². The highest BCUT2D eigenvalue weighted by atomic mass is 16.1. The maximum absolute atomic E-state index is 14.3. The molecule has 0 aliphatic heterocycles. The predicted molar refractivity (Wildman–Crippen MR) is 124 cm³/mol. The number of rotatable bonds is 2. The van der Waals surface area contributed by atoms with Gasteiger partial charge in [0.25, 0.3) is 0 Å². The highest BCUT2D eigenvalue weighted by Gasteiger charge is 2.28. The molecule has 1 heteroatoms. The molecule has 0 atom stereocenters. The van der Waals surface area contributed by atoms with Gasteiger partial charge in [0.2, 0.25) is 0 Å². The Morgan fingerprint density at radius 1 is 0.500 bits per heavy atom. The monoisotopic (exact) mass is 390 g/mol. The molecule has 0 amide bonds. The Morgan fingerprint density at radius 3 is 1.27 bits per heavy atom. The molecule has 6 rings (SSSR count). The molecule has 5 aromatic rings. The summed E-state index contributed by atoms with van der Waals surface area (Å²) in [5.41, 5.74) is 1.53. The summed E-state index contributed by atoms with van der Waals surface area (Å²) < 4.78 is 68.7. The normalized spacial score (nSPS) is 17.0. The minimum absolute atomic E-state index is 0.0349. The van der Waals surface area contributed by atoms with Gasteiger partial charge in [-0.25, -0.2) is 0 Å². The fraction of sp³-hybridized carbons (Fsp3) is 0. The number of hydrogen-bond donors (Lipinski definition) is 0. The quantitative estimate of drug-likeness (QED) is 0.389. The molecule has 1 aliphatic rings. The molecule has 0 fully saturated rings. The summed E-state index contributed by atoms with van der Waals surface area (Å²) in [6.07, 6.45) is 0. The number of carbonyl (C=O) groups excluding carboxylic acids is 1. The minimum atomic E-state index is -0.519. The van der Waals surface area contributed by atoms with Crippen LogP contribution in [0.3, 0.4) is 0 Å². The summed E-state index contributed by atoms with van der Waals surface area (Å²) in [6.45, 7) is 0. The van der Waals surface area contributed by atoms with E-state index >= 15 is 0 Å². The van der Waals surface area contributed by atoms with Gasteiger partial charge in [-0.2, -0.15) is 0 Å². The SMILES string of the molecule is [2H]c1c([2H])c([2H])c2c(c1[2H])c1c(c3c([2H])c([2H])c([2H])c([2H])c32)=C(c2ccccc2)C(=O)C=1c1ccccc1. The summed E-state index contributed by atoms with van der Waals surface area (Å²) in [5.74, 6) is -0.383. The Morgan fingerprint density at radius 2 is 0.867 bits per heavy atom. The van der Waals surface area contributed by atoms with Crippen LogP contribution in [0, 0.1) is 0 Å². The van der Waals surface area contributed by atoms with Crippen LogP contribution < -0.4 is 10.4 Å². The highest BCUT2D eigenvalue weighted by Crippen LogP contribution is 2.29. The van der Waals surface area contributed by atoms with Crippen molar-refractivity contribution in [2.24, 2.45) is 0 Å². The fourth-order valence-corrected chi connectivity index (χ4v) is 4.24. The zero-order chi connectivity index (χ0) is 27.0. The molecule has 0 N–H and O–H groups in total. The summed E-state index contributed by atoms with van der Waals surface area (Å²) in [6, 6.07) is 14.0. The molecule has 1 aliphatic carbocycles. The van der Waals surface area contributed by atoms with Gasteiger partial charge in [0.05, 0.1) is 11.0 Å². The number of Topliss-reactive ketones (excluding diaryl/α,β-unsaturated/α-hetero) is 1. The molecule has 0 unspecified atom stereocenters. The molecule has 0 spiro atoms. The Balaban J connectivity index is 2.13. The van der Waals surface area contributed by atoms with Crippen molar-refractivity contribution in [1.82, 2.24) is 0 Å². The summed E-state index contributed by atoms with van der Waals surface area (Å²) in [4.78, 5) is 14.3. The molecular weight excluding hydrogens is 364 g/mol. The van der Waals surface area contributed by atoms with Crippen molar-refractivity contribution in [2.45, 2.75) is 0 Å². The fourth-order valence-electron chi connectivity index (χ4n) is 4.24. The van der Waals surface area contributed by atoms with Crippen LogP contribution in [0.15, 0.2) is 109 Å². The van der Waals surface area contributed by atoms with Gasteiger partial charge in [-0.05, 0) is 32.7 Å². The van der Waals surface area contributed by atoms with Crippen LogP contribution in [0.2, 0.25) is 0 Å². The number of carbonyl (C=O) groups is 1. The molecule has 0 heterocycles. The number of benzene rings is 5. The second kappa shape index (κ2) is 6.53. The van der Waals surface area contributed by atoms with Gasteiger partial charge in [0.1, 0.15) is 0 Å². The predicted octanol–water partition coefficient (Wildman–Crippen LogP) is 4.97. The molecule has 1 nitrogen and oxygen atoms in total. The van der Waals surface area contributed by atoms with Crippen molar-refractivity contribution in [3.63, 3.8) is 0 Å². The first-order valence-corrected chi connectivity index (χ1v) is 9.53. The van der Waals surface area contributed by atoms with E-state index in [9.17, 15) is 4.79 Å². The van der Waals surface area contributed by atoms with Crippen LogP contribution in [0.4, 0.5) is 0 Å². The maximum atomic E-state index is 14.3. The Labute approximate surface area is 185 Å². The van der Waals surface area contributed by atoms with Gasteiger partial charge >= 0.3 is 0 Å². The lowest BCUT2D eigenvalue weighted by Crippen LogP contribution is -2.27. The molecule has 0 radical (unpaired) electrons. The van der Waals surface area contributed by atoms with E-state index in [0.717, 1.165) is 0 Å². The maximum Gasteiger partial charge on any atom is 0.195 e. The molecular formula is C29H18O. The van der Waals surface area contributed by atoms with Gasteiger partial charge in [-0.1, -0.05) is 109 Å². The number of ketones is 1. The smallest absolute Gasteiger partial charge is 0.195 e. The first kappa shape index (κ1) is 10.7. The van der Waals surface area contributed by atoms with Crippen LogP contribution in [0.5, 0.6) is 0 Å². The molecule has 140 valence electrons. The second-order valence-electron chi connectivity index (χ2n) is 7.06. The van der Waals surface area contributed by atoms with Crippen molar-refractivity contribution in [3.05, 3.63) is 131 Å². The van der Waals surface area contributed by atoms with Crippen LogP contribution in [0.25, 0.3) is 32.7 Å². The van der Waals surface area contributed by atoms with Crippen LogP contribution in [-0.4, -0.2) is 5.78 Å². The van der Waals surface area contributed by atoms with Crippen LogP contribution in [0.1, 0.15) is 22.1 Å². The van der Waals surface area contributed by atoms with E-state index in [-0.39, 0.29) is 61.0 Å². The van der Waals surface area contributed by atoms with Crippen molar-refractivity contribution < 1.29 is 15.8 Å². The Hall–Kier alpha value is -3.97. The third-order valence-corrected chi connectivity index (χ3v) is 5.45. The van der Waals surface area contributed by atoms with Gasteiger partial charge < -0.3 is 0 Å². The van der Waals surface area contributed by atoms with Crippen LogP contribution >= 0.6 is 0 Å². The lowest BCUT2D eigenvalue weighted by Gasteiger charge is -2.07. The summed E-state index contributed by atoms with van der Waals surface area (Å²) >= 11 is 0. The van der Waals surface area contributed by atoms with E-state index in [2.05, 4.69) is 0 Å². The number of fused-ring (bicyclic) bond motifs is 6. The molecule has 0 saturated carbocycles. The summed E-state index contributed by atoms with van der Waals surface area (Å²) in [7, 11) is 0. The Kier molecular flexibility index (Phi) is 2.33. The topological polar surface area (TPSA) is 17.1 Å². The van der Waals surface area contributed by atoms with Crippen molar-refractivity contribution in [3.8, 4) is 0 Å². The van der Waals surface area contributed by atoms with E-state index in [0.29, 0.717) is 11.1 Å². The van der Waals surface area contributed by atoms with Crippen molar-refractivity contribution in [1.29, 1.82) is 0 Å². The Bertz CT molecular complexity index is 1860. The first-order valence-electron chi connectivity index (χ1n) is 13.5.